The smallest absolute Gasteiger partial charge is 0.326 e. The summed E-state index contributed by atoms with van der Waals surface area (Å²) < 4.78 is 5.73. The van der Waals surface area contributed by atoms with Gasteiger partial charge < -0.3 is 20.4 Å². The summed E-state index contributed by atoms with van der Waals surface area (Å²) in [6, 6.07) is 2.55. The van der Waals surface area contributed by atoms with E-state index in [1.165, 1.54) is 6.33 Å². The predicted molar refractivity (Wildman–Crippen MR) is 90.2 cm³/mol. The van der Waals surface area contributed by atoms with Gasteiger partial charge in [0, 0.05) is 24.8 Å². The summed E-state index contributed by atoms with van der Waals surface area (Å²) >= 11 is 0. The molecular formula is C16H19N7O. The zero-order valence-electron chi connectivity index (χ0n) is 13.4. The van der Waals surface area contributed by atoms with Crippen LogP contribution in [0.1, 0.15) is 19.0 Å². The van der Waals surface area contributed by atoms with E-state index in [9.17, 15) is 0 Å². The number of H-pyrrole nitrogens is 1. The van der Waals surface area contributed by atoms with Crippen LogP contribution >= 0.6 is 0 Å². The largest absolute Gasteiger partial charge is 0.421 e. The van der Waals surface area contributed by atoms with Crippen molar-refractivity contribution in [2.24, 2.45) is 5.73 Å². The normalized spacial score (nSPS) is 17.6. The molecule has 3 aromatic rings. The van der Waals surface area contributed by atoms with Crippen molar-refractivity contribution in [1.82, 2.24) is 24.9 Å². The maximum absolute atomic E-state index is 6.06. The molecule has 3 N–H and O–H groups in total. The average Bonchev–Trinajstić information content (AvgIpc) is 3.21. The molecule has 0 amide bonds. The molecule has 0 aromatic carbocycles. The molecule has 124 valence electrons. The average molecular weight is 325 g/mol. The number of aromatic nitrogens is 5. The third-order valence-corrected chi connectivity index (χ3v) is 4.15. The van der Waals surface area contributed by atoms with Gasteiger partial charge in [-0.1, -0.05) is 6.92 Å². The van der Waals surface area contributed by atoms with Crippen LogP contribution in [0.25, 0.3) is 11.0 Å². The monoisotopic (exact) mass is 325 g/mol. The molecular weight excluding hydrogens is 306 g/mol. The number of hydrogen-bond acceptors (Lipinski definition) is 7. The van der Waals surface area contributed by atoms with Crippen LogP contribution < -0.4 is 15.4 Å². The van der Waals surface area contributed by atoms with Gasteiger partial charge in [0.2, 0.25) is 0 Å². The van der Waals surface area contributed by atoms with E-state index in [4.69, 9.17) is 10.5 Å². The summed E-state index contributed by atoms with van der Waals surface area (Å²) in [5.41, 5.74) is 7.94. The number of hydrogen-bond donors (Lipinski definition) is 2. The molecule has 0 radical (unpaired) electrons. The number of fused-ring (bicyclic) bond motifs is 1. The van der Waals surface area contributed by atoms with Gasteiger partial charge in [-0.3, -0.25) is 0 Å². The summed E-state index contributed by atoms with van der Waals surface area (Å²) in [5, 5.41) is 0.998. The number of rotatable bonds is 4. The summed E-state index contributed by atoms with van der Waals surface area (Å²) in [6.07, 6.45) is 6.47. The van der Waals surface area contributed by atoms with Crippen LogP contribution in [0.15, 0.2) is 24.8 Å². The fourth-order valence-electron chi connectivity index (χ4n) is 2.93. The molecule has 0 unspecified atom stereocenters. The lowest BCUT2D eigenvalue weighted by molar-refractivity contribution is 0.439. The Balaban J connectivity index is 1.77. The minimum atomic E-state index is 0.173. The number of nitrogens with zero attached hydrogens (tertiary/aromatic N) is 5. The van der Waals surface area contributed by atoms with Gasteiger partial charge >= 0.3 is 6.01 Å². The highest BCUT2D eigenvalue weighted by atomic mass is 16.5. The Morgan fingerprint density at radius 2 is 2.17 bits per heavy atom. The number of ether oxygens (including phenoxy) is 1. The van der Waals surface area contributed by atoms with Crippen molar-refractivity contribution >= 4 is 16.9 Å². The molecule has 0 saturated carbocycles. The van der Waals surface area contributed by atoms with E-state index in [1.807, 2.05) is 0 Å². The first-order chi connectivity index (χ1) is 11.7. The second kappa shape index (κ2) is 6.04. The van der Waals surface area contributed by atoms with E-state index in [0.717, 1.165) is 48.5 Å². The maximum atomic E-state index is 6.06. The lowest BCUT2D eigenvalue weighted by atomic mass is 10.3. The van der Waals surface area contributed by atoms with E-state index in [1.54, 1.807) is 12.4 Å². The van der Waals surface area contributed by atoms with Crippen molar-refractivity contribution in [3.05, 3.63) is 30.5 Å². The molecule has 8 heteroatoms. The molecule has 0 bridgehead atoms. The molecule has 0 aliphatic carbocycles. The van der Waals surface area contributed by atoms with Crippen molar-refractivity contribution in [1.29, 1.82) is 0 Å². The Hall–Kier alpha value is -2.74. The van der Waals surface area contributed by atoms with Gasteiger partial charge in [0.1, 0.15) is 17.8 Å². The number of aryl methyl sites for hydroxylation is 1. The van der Waals surface area contributed by atoms with Crippen molar-refractivity contribution in [3.8, 4) is 11.8 Å². The van der Waals surface area contributed by atoms with Crippen molar-refractivity contribution in [2.75, 3.05) is 18.0 Å². The highest BCUT2D eigenvalue weighted by Crippen LogP contribution is 2.30. The molecule has 3 aromatic heterocycles. The van der Waals surface area contributed by atoms with Crippen molar-refractivity contribution < 1.29 is 4.74 Å². The molecule has 1 atom stereocenters. The summed E-state index contributed by atoms with van der Waals surface area (Å²) in [6.45, 7) is 3.77. The van der Waals surface area contributed by atoms with Gasteiger partial charge in [-0.25, -0.2) is 9.97 Å². The van der Waals surface area contributed by atoms with E-state index in [-0.39, 0.29) is 12.1 Å². The zero-order valence-corrected chi connectivity index (χ0v) is 13.4. The number of nitrogens with one attached hydrogen (secondary N) is 1. The van der Waals surface area contributed by atoms with Crippen LogP contribution in [0, 0.1) is 0 Å². The molecule has 1 fully saturated rings. The molecule has 0 spiro atoms. The van der Waals surface area contributed by atoms with Crippen LogP contribution in [0.5, 0.6) is 11.8 Å². The number of aromatic amines is 1. The van der Waals surface area contributed by atoms with Gasteiger partial charge in [-0.05, 0) is 18.9 Å². The minimum Gasteiger partial charge on any atom is -0.421 e. The first kappa shape index (κ1) is 14.8. The second-order valence-electron chi connectivity index (χ2n) is 5.91. The second-order valence-corrected chi connectivity index (χ2v) is 5.91. The third kappa shape index (κ3) is 2.76. The van der Waals surface area contributed by atoms with Gasteiger partial charge in [0.15, 0.2) is 5.75 Å². The Morgan fingerprint density at radius 1 is 1.33 bits per heavy atom. The van der Waals surface area contributed by atoms with E-state index >= 15 is 0 Å². The summed E-state index contributed by atoms with van der Waals surface area (Å²) in [7, 11) is 0. The van der Waals surface area contributed by atoms with Crippen LogP contribution in [-0.4, -0.2) is 44.1 Å². The first-order valence-corrected chi connectivity index (χ1v) is 8.06. The van der Waals surface area contributed by atoms with Crippen LogP contribution in [-0.2, 0) is 6.42 Å². The Labute approximate surface area is 139 Å². The molecule has 4 rings (SSSR count). The molecule has 1 aliphatic heterocycles. The third-order valence-electron chi connectivity index (χ3n) is 4.15. The van der Waals surface area contributed by atoms with Gasteiger partial charge in [0.25, 0.3) is 0 Å². The first-order valence-electron chi connectivity index (χ1n) is 8.06. The van der Waals surface area contributed by atoms with Gasteiger partial charge in [-0.15, -0.1) is 0 Å². The Morgan fingerprint density at radius 3 is 2.88 bits per heavy atom. The van der Waals surface area contributed by atoms with Crippen LogP contribution in [0.2, 0.25) is 0 Å². The molecule has 1 saturated heterocycles. The highest BCUT2D eigenvalue weighted by Gasteiger charge is 2.24. The lowest BCUT2D eigenvalue weighted by Gasteiger charge is -2.18. The highest BCUT2D eigenvalue weighted by molar-refractivity contribution is 5.89. The maximum Gasteiger partial charge on any atom is 0.326 e. The fourth-order valence-corrected chi connectivity index (χ4v) is 2.93. The lowest BCUT2D eigenvalue weighted by Crippen LogP contribution is -2.27. The fraction of sp³-hybridized carbons (Fsp3) is 0.375. The predicted octanol–water partition coefficient (Wildman–Crippen LogP) is 1.64. The van der Waals surface area contributed by atoms with Crippen LogP contribution in [0.3, 0.4) is 0 Å². The van der Waals surface area contributed by atoms with Gasteiger partial charge in [-0.2, -0.15) is 9.97 Å². The van der Waals surface area contributed by atoms with E-state index < -0.39 is 0 Å². The van der Waals surface area contributed by atoms with Crippen molar-refractivity contribution in [3.63, 3.8) is 0 Å². The van der Waals surface area contributed by atoms with Crippen molar-refractivity contribution in [2.45, 2.75) is 25.8 Å². The quantitative estimate of drug-likeness (QED) is 0.751. The zero-order chi connectivity index (χ0) is 16.5. The number of nitrogens with two attached hydrogens (primary N) is 1. The molecule has 1 aliphatic rings. The van der Waals surface area contributed by atoms with E-state index in [2.05, 4.69) is 42.8 Å². The standard InChI is InChI=1S/C16H19N7O/c1-2-11-5-13-14(20-11)21-16(24-12-6-18-9-19-7-12)22-15(13)23-4-3-10(17)8-23/h5-7,9-10H,2-4,8,17H2,1H3,(H,20,21,22)/t10-/m1/s1. The molecule has 4 heterocycles. The SMILES string of the molecule is CCc1cc2c(N3CC[C@@H](N)C3)nc(Oc3cncnc3)nc2[nH]1. The van der Waals surface area contributed by atoms with Gasteiger partial charge in [0.05, 0.1) is 17.8 Å². The molecule has 24 heavy (non-hydrogen) atoms. The summed E-state index contributed by atoms with van der Waals surface area (Å²) in [5.74, 6) is 1.36. The van der Waals surface area contributed by atoms with E-state index in [0.29, 0.717) is 5.75 Å². The van der Waals surface area contributed by atoms with Crippen LogP contribution in [0.4, 0.5) is 5.82 Å². The Bertz CT molecular complexity index is 848. The minimum absolute atomic E-state index is 0.173. The molecule has 8 nitrogen and oxygen atoms in total. The Kier molecular flexibility index (Phi) is 3.73. The topological polar surface area (TPSA) is 106 Å². The summed E-state index contributed by atoms with van der Waals surface area (Å²) in [4.78, 5) is 22.5. The number of anilines is 1.